The molecule has 0 amide bonds. The van der Waals surface area contributed by atoms with Crippen molar-refractivity contribution in [2.24, 2.45) is 0 Å². The maximum atomic E-state index is 4.94. The number of fused-ring (bicyclic) bond motifs is 1. The summed E-state index contributed by atoms with van der Waals surface area (Å²) in [6, 6.07) is 16.5. The minimum atomic E-state index is 0.463. The van der Waals surface area contributed by atoms with Gasteiger partial charge in [0.2, 0.25) is 0 Å². The van der Waals surface area contributed by atoms with Gasteiger partial charge in [-0.1, -0.05) is 48.6 Å². The van der Waals surface area contributed by atoms with Gasteiger partial charge in [-0.2, -0.15) is 0 Å². The first kappa shape index (κ1) is 18.5. The minimum Gasteiger partial charge on any atom is -0.340 e. The molecule has 1 saturated heterocycles. The molecule has 0 bridgehead atoms. The second-order valence-corrected chi connectivity index (χ2v) is 8.95. The van der Waals surface area contributed by atoms with Crippen molar-refractivity contribution >= 4 is 26.7 Å². The van der Waals surface area contributed by atoms with Crippen LogP contribution < -0.4 is 4.90 Å². The van der Waals surface area contributed by atoms with Crippen molar-refractivity contribution in [1.82, 2.24) is 9.88 Å². The summed E-state index contributed by atoms with van der Waals surface area (Å²) in [5.41, 5.74) is 5.28. The Balaban J connectivity index is 1.51. The molecular formula is C23H29N3S. The number of rotatable bonds is 4. The fourth-order valence-corrected chi connectivity index (χ4v) is 5.54. The van der Waals surface area contributed by atoms with Gasteiger partial charge in [-0.25, -0.2) is 4.98 Å². The number of aryl methyl sites for hydroxylation is 2. The average molecular weight is 380 g/mol. The number of aromatic nitrogens is 1. The van der Waals surface area contributed by atoms with Crippen LogP contribution in [0.1, 0.15) is 37.5 Å². The molecule has 3 aromatic rings. The largest absolute Gasteiger partial charge is 0.340 e. The Kier molecular flexibility index (Phi) is 5.20. The van der Waals surface area contributed by atoms with E-state index in [0.29, 0.717) is 12.1 Å². The van der Waals surface area contributed by atoms with Crippen LogP contribution in [-0.4, -0.2) is 35.1 Å². The molecule has 1 aliphatic rings. The third-order valence-corrected chi connectivity index (χ3v) is 6.59. The van der Waals surface area contributed by atoms with Gasteiger partial charge in [0.1, 0.15) is 0 Å². The summed E-state index contributed by atoms with van der Waals surface area (Å²) in [4.78, 5) is 10.1. The fourth-order valence-electron chi connectivity index (χ4n) is 4.27. The van der Waals surface area contributed by atoms with Gasteiger partial charge in [0.05, 0.1) is 10.2 Å². The summed E-state index contributed by atoms with van der Waals surface area (Å²) in [5.74, 6) is 0. The quantitative estimate of drug-likeness (QED) is 0.616. The van der Waals surface area contributed by atoms with Crippen LogP contribution in [0.2, 0.25) is 0 Å². The van der Waals surface area contributed by atoms with E-state index >= 15 is 0 Å². The van der Waals surface area contributed by atoms with Crippen LogP contribution in [0.25, 0.3) is 10.2 Å². The van der Waals surface area contributed by atoms with E-state index in [1.165, 1.54) is 26.5 Å². The summed E-state index contributed by atoms with van der Waals surface area (Å²) < 4.78 is 1.29. The smallest absolute Gasteiger partial charge is 0.187 e. The zero-order valence-electron chi connectivity index (χ0n) is 16.8. The summed E-state index contributed by atoms with van der Waals surface area (Å²) in [6.07, 6.45) is 1.10. The molecule has 0 N–H and O–H groups in total. The molecule has 142 valence electrons. The van der Waals surface area contributed by atoms with E-state index in [1.54, 1.807) is 0 Å². The average Bonchev–Trinajstić information content (AvgIpc) is 3.03. The Hall–Kier alpha value is -1.91. The third-order valence-electron chi connectivity index (χ3n) is 5.55. The highest BCUT2D eigenvalue weighted by Crippen LogP contribution is 2.33. The van der Waals surface area contributed by atoms with Crippen molar-refractivity contribution < 1.29 is 0 Å². The van der Waals surface area contributed by atoms with Crippen molar-refractivity contribution in [3.8, 4) is 0 Å². The van der Waals surface area contributed by atoms with Crippen LogP contribution in [-0.2, 0) is 13.0 Å². The van der Waals surface area contributed by atoms with E-state index in [9.17, 15) is 0 Å². The number of nitrogens with zero attached hydrogens (tertiary/aromatic N) is 3. The zero-order valence-corrected chi connectivity index (χ0v) is 17.6. The highest BCUT2D eigenvalue weighted by atomic mass is 32.1. The number of thiazole rings is 1. The molecule has 1 fully saturated rings. The normalized spacial score (nSPS) is 21.1. The van der Waals surface area contributed by atoms with Gasteiger partial charge in [-0.15, -0.1) is 0 Å². The topological polar surface area (TPSA) is 19.4 Å². The highest BCUT2D eigenvalue weighted by Gasteiger charge is 2.31. The van der Waals surface area contributed by atoms with Gasteiger partial charge in [0.25, 0.3) is 0 Å². The lowest BCUT2D eigenvalue weighted by atomic mass is 10.1. The maximum absolute atomic E-state index is 4.94. The minimum absolute atomic E-state index is 0.463. The van der Waals surface area contributed by atoms with Gasteiger partial charge < -0.3 is 4.90 Å². The van der Waals surface area contributed by atoms with Crippen molar-refractivity contribution in [1.29, 1.82) is 0 Å². The zero-order chi connectivity index (χ0) is 19.0. The molecule has 0 saturated carbocycles. The third kappa shape index (κ3) is 3.87. The molecule has 2 heterocycles. The molecule has 1 aromatic heterocycles. The van der Waals surface area contributed by atoms with Crippen molar-refractivity contribution in [3.05, 3.63) is 59.2 Å². The second kappa shape index (κ2) is 7.61. The molecular weight excluding hydrogens is 350 g/mol. The SMILES string of the molecule is CCc1cccc(CN2C[C@@H](C)N(c3nc4ccc(C)cc4s3)[C@@H](C)C2)c1. The lowest BCUT2D eigenvalue weighted by Gasteiger charge is -2.44. The van der Waals surface area contributed by atoms with E-state index in [-0.39, 0.29) is 0 Å². The molecule has 4 heteroatoms. The molecule has 0 unspecified atom stereocenters. The summed E-state index contributed by atoms with van der Waals surface area (Å²) in [7, 11) is 0. The molecule has 0 spiro atoms. The van der Waals surface area contributed by atoms with Crippen LogP contribution in [0.15, 0.2) is 42.5 Å². The molecule has 4 rings (SSSR count). The van der Waals surface area contributed by atoms with Gasteiger partial charge >= 0.3 is 0 Å². The molecule has 2 atom stereocenters. The first-order chi connectivity index (χ1) is 13.0. The number of anilines is 1. The van der Waals surface area contributed by atoms with Crippen molar-refractivity contribution in [2.75, 3.05) is 18.0 Å². The van der Waals surface area contributed by atoms with Crippen LogP contribution >= 0.6 is 11.3 Å². The van der Waals surface area contributed by atoms with Crippen LogP contribution in [0.4, 0.5) is 5.13 Å². The second-order valence-electron chi connectivity index (χ2n) is 7.94. The Bertz CT molecular complexity index is 920. The summed E-state index contributed by atoms with van der Waals surface area (Å²) >= 11 is 1.83. The molecule has 0 aliphatic carbocycles. The Labute approximate surface area is 166 Å². The first-order valence-corrected chi connectivity index (χ1v) is 10.8. The molecule has 2 aromatic carbocycles. The van der Waals surface area contributed by atoms with E-state index in [2.05, 4.69) is 80.0 Å². The van der Waals surface area contributed by atoms with Crippen LogP contribution in [0.3, 0.4) is 0 Å². The van der Waals surface area contributed by atoms with E-state index in [1.807, 2.05) is 11.3 Å². The monoisotopic (exact) mass is 379 g/mol. The number of piperazine rings is 1. The van der Waals surface area contributed by atoms with Gasteiger partial charge in [-0.05, 0) is 56.0 Å². The Morgan fingerprint density at radius 2 is 1.78 bits per heavy atom. The first-order valence-electron chi connectivity index (χ1n) is 9.99. The van der Waals surface area contributed by atoms with Gasteiger partial charge in [0.15, 0.2) is 5.13 Å². The molecule has 3 nitrogen and oxygen atoms in total. The number of benzene rings is 2. The fraction of sp³-hybridized carbons (Fsp3) is 0.435. The van der Waals surface area contributed by atoms with Crippen LogP contribution in [0.5, 0.6) is 0 Å². The molecule has 1 aliphatic heterocycles. The lowest BCUT2D eigenvalue weighted by molar-refractivity contribution is 0.192. The van der Waals surface area contributed by atoms with Gasteiger partial charge in [-0.3, -0.25) is 4.90 Å². The summed E-state index contributed by atoms with van der Waals surface area (Å²) in [6.45, 7) is 12.2. The standard InChI is InChI=1S/C23H29N3S/c1-5-19-7-6-8-20(12-19)15-25-13-17(3)26(18(4)14-25)23-24-21-10-9-16(2)11-22(21)27-23/h6-12,17-18H,5,13-15H2,1-4H3/t17-,18+. The maximum Gasteiger partial charge on any atom is 0.187 e. The Morgan fingerprint density at radius 1 is 1.04 bits per heavy atom. The number of hydrogen-bond donors (Lipinski definition) is 0. The van der Waals surface area contributed by atoms with E-state index < -0.39 is 0 Å². The molecule has 0 radical (unpaired) electrons. The Morgan fingerprint density at radius 3 is 2.52 bits per heavy atom. The van der Waals surface area contributed by atoms with Crippen molar-refractivity contribution in [3.63, 3.8) is 0 Å². The number of hydrogen-bond acceptors (Lipinski definition) is 4. The van der Waals surface area contributed by atoms with Crippen molar-refractivity contribution in [2.45, 2.75) is 52.7 Å². The highest BCUT2D eigenvalue weighted by molar-refractivity contribution is 7.22. The molecule has 27 heavy (non-hydrogen) atoms. The van der Waals surface area contributed by atoms with Gasteiger partial charge in [0, 0.05) is 31.7 Å². The lowest BCUT2D eigenvalue weighted by Crippen LogP contribution is -2.56. The van der Waals surface area contributed by atoms with E-state index in [4.69, 9.17) is 4.98 Å². The predicted octanol–water partition coefficient (Wildman–Crippen LogP) is 5.27. The van der Waals surface area contributed by atoms with Crippen LogP contribution in [0, 0.1) is 6.92 Å². The summed E-state index contributed by atoms with van der Waals surface area (Å²) in [5, 5.41) is 1.17. The predicted molar refractivity (Wildman–Crippen MR) is 117 cm³/mol. The van der Waals surface area contributed by atoms with E-state index in [0.717, 1.165) is 31.6 Å².